The van der Waals surface area contributed by atoms with Gasteiger partial charge in [0, 0.05) is 31.5 Å². The smallest absolute Gasteiger partial charge is 0.319 e. The van der Waals surface area contributed by atoms with E-state index in [0.29, 0.717) is 24.1 Å². The zero-order chi connectivity index (χ0) is 16.8. The molecule has 1 fully saturated rings. The van der Waals surface area contributed by atoms with Crippen LogP contribution in [-0.2, 0) is 0 Å². The van der Waals surface area contributed by atoms with E-state index in [4.69, 9.17) is 0 Å². The van der Waals surface area contributed by atoms with E-state index in [-0.39, 0.29) is 6.03 Å². The quantitative estimate of drug-likeness (QED) is 0.883. The van der Waals surface area contributed by atoms with E-state index in [0.717, 1.165) is 13.1 Å². The van der Waals surface area contributed by atoms with Gasteiger partial charge in [0.15, 0.2) is 5.82 Å². The third kappa shape index (κ3) is 4.32. The zero-order valence-corrected chi connectivity index (χ0v) is 14.0. The predicted octanol–water partition coefficient (Wildman–Crippen LogP) is 2.26. The Bertz CT molecular complexity index is 640. The van der Waals surface area contributed by atoms with E-state index in [1.165, 1.54) is 19.3 Å². The number of rotatable bonds is 5. The van der Waals surface area contributed by atoms with Crippen LogP contribution < -0.4 is 10.6 Å². The Hall–Kier alpha value is -2.41. The van der Waals surface area contributed by atoms with Crippen LogP contribution in [0, 0.1) is 0 Å². The normalized spacial score (nSPS) is 18.3. The Morgan fingerprint density at radius 1 is 1.38 bits per heavy atom. The van der Waals surface area contributed by atoms with E-state index in [9.17, 15) is 4.79 Å². The van der Waals surface area contributed by atoms with Crippen LogP contribution in [0.2, 0.25) is 0 Å². The van der Waals surface area contributed by atoms with Crippen LogP contribution in [0.25, 0.3) is 5.82 Å². The van der Waals surface area contributed by atoms with Gasteiger partial charge in [-0.2, -0.15) is 5.10 Å². The SMILES string of the molecule is CC1CCCCN1CCNC(=O)Nc1ccc(-n2cccn2)nc1. The van der Waals surface area contributed by atoms with Crippen LogP contribution in [0.15, 0.2) is 36.8 Å². The number of nitrogens with one attached hydrogen (secondary N) is 2. The summed E-state index contributed by atoms with van der Waals surface area (Å²) >= 11 is 0. The van der Waals surface area contributed by atoms with Gasteiger partial charge in [-0.25, -0.2) is 14.5 Å². The molecule has 1 saturated heterocycles. The summed E-state index contributed by atoms with van der Waals surface area (Å²) in [5.74, 6) is 0.713. The summed E-state index contributed by atoms with van der Waals surface area (Å²) in [6.07, 6.45) is 8.97. The molecule has 0 spiro atoms. The average molecular weight is 328 g/mol. The van der Waals surface area contributed by atoms with Gasteiger partial charge >= 0.3 is 6.03 Å². The van der Waals surface area contributed by atoms with Crippen LogP contribution in [0.1, 0.15) is 26.2 Å². The van der Waals surface area contributed by atoms with E-state index in [1.807, 2.05) is 24.4 Å². The van der Waals surface area contributed by atoms with E-state index >= 15 is 0 Å². The number of aromatic nitrogens is 3. The van der Waals surface area contributed by atoms with Crippen molar-refractivity contribution < 1.29 is 4.79 Å². The first-order valence-electron chi connectivity index (χ1n) is 8.47. The van der Waals surface area contributed by atoms with Gasteiger partial charge in [0.25, 0.3) is 0 Å². The first-order valence-corrected chi connectivity index (χ1v) is 8.47. The maximum Gasteiger partial charge on any atom is 0.319 e. The summed E-state index contributed by atoms with van der Waals surface area (Å²) < 4.78 is 1.67. The Labute approximate surface area is 142 Å². The summed E-state index contributed by atoms with van der Waals surface area (Å²) in [7, 11) is 0. The first-order chi connectivity index (χ1) is 11.7. The largest absolute Gasteiger partial charge is 0.337 e. The average Bonchev–Trinajstić information content (AvgIpc) is 3.12. The second kappa shape index (κ2) is 7.92. The van der Waals surface area contributed by atoms with Crippen molar-refractivity contribution in [3.63, 3.8) is 0 Å². The number of urea groups is 1. The van der Waals surface area contributed by atoms with Crippen LogP contribution in [0.4, 0.5) is 10.5 Å². The molecule has 2 N–H and O–H groups in total. The summed E-state index contributed by atoms with van der Waals surface area (Å²) in [6.45, 7) is 4.93. The lowest BCUT2D eigenvalue weighted by Gasteiger charge is -2.33. The Morgan fingerprint density at radius 3 is 3.00 bits per heavy atom. The molecule has 3 rings (SSSR count). The summed E-state index contributed by atoms with van der Waals surface area (Å²) in [5.41, 5.74) is 0.662. The molecule has 1 unspecified atom stereocenters. The molecular formula is C17H24N6O. The van der Waals surface area contributed by atoms with Crippen molar-refractivity contribution in [3.8, 4) is 5.82 Å². The number of carbonyl (C=O) groups is 1. The second-order valence-corrected chi connectivity index (χ2v) is 6.12. The number of pyridine rings is 1. The van der Waals surface area contributed by atoms with Crippen LogP contribution in [0.3, 0.4) is 0 Å². The molecule has 0 radical (unpaired) electrons. The fraction of sp³-hybridized carbons (Fsp3) is 0.471. The van der Waals surface area contributed by atoms with E-state index in [1.54, 1.807) is 17.1 Å². The van der Waals surface area contributed by atoms with Crippen molar-refractivity contribution in [2.45, 2.75) is 32.2 Å². The third-order valence-corrected chi connectivity index (χ3v) is 4.37. The zero-order valence-electron chi connectivity index (χ0n) is 14.0. The lowest BCUT2D eigenvalue weighted by molar-refractivity contribution is 0.162. The highest BCUT2D eigenvalue weighted by Crippen LogP contribution is 2.15. The molecule has 7 heteroatoms. The van der Waals surface area contributed by atoms with Gasteiger partial charge in [-0.3, -0.25) is 4.90 Å². The van der Waals surface area contributed by atoms with Crippen LogP contribution >= 0.6 is 0 Å². The molecule has 0 aliphatic carbocycles. The number of amides is 2. The van der Waals surface area contributed by atoms with Crippen molar-refractivity contribution in [2.75, 3.05) is 25.0 Å². The molecule has 128 valence electrons. The number of carbonyl (C=O) groups excluding carboxylic acids is 1. The van der Waals surface area contributed by atoms with Gasteiger partial charge in [0.2, 0.25) is 0 Å². The molecule has 0 saturated carbocycles. The van der Waals surface area contributed by atoms with Crippen LogP contribution in [0.5, 0.6) is 0 Å². The molecule has 0 bridgehead atoms. The molecular weight excluding hydrogens is 304 g/mol. The highest BCUT2D eigenvalue weighted by Gasteiger charge is 2.17. The number of hydrogen-bond acceptors (Lipinski definition) is 4. The molecule has 1 aliphatic heterocycles. The summed E-state index contributed by atoms with van der Waals surface area (Å²) in [4.78, 5) is 18.7. The monoisotopic (exact) mass is 328 g/mol. The predicted molar refractivity (Wildman–Crippen MR) is 93.3 cm³/mol. The van der Waals surface area contributed by atoms with Crippen molar-refractivity contribution >= 4 is 11.7 Å². The molecule has 1 atom stereocenters. The molecule has 2 aromatic heterocycles. The minimum absolute atomic E-state index is 0.201. The number of hydrogen-bond donors (Lipinski definition) is 2. The minimum atomic E-state index is -0.201. The van der Waals surface area contributed by atoms with Crippen molar-refractivity contribution in [1.82, 2.24) is 25.0 Å². The Kier molecular flexibility index (Phi) is 5.43. The standard InChI is InChI=1S/C17H24N6O/c1-14-5-2-3-10-22(14)12-9-18-17(24)21-15-6-7-16(19-13-15)23-11-4-8-20-23/h4,6-8,11,13-14H,2-3,5,9-10,12H2,1H3,(H2,18,21,24). The highest BCUT2D eigenvalue weighted by atomic mass is 16.2. The topological polar surface area (TPSA) is 75.1 Å². The van der Waals surface area contributed by atoms with Gasteiger partial charge in [0.05, 0.1) is 11.9 Å². The maximum atomic E-state index is 12.0. The number of anilines is 1. The molecule has 7 nitrogen and oxygen atoms in total. The summed E-state index contributed by atoms with van der Waals surface area (Å²) in [5, 5.41) is 9.82. The maximum absolute atomic E-state index is 12.0. The molecule has 0 aromatic carbocycles. The van der Waals surface area contributed by atoms with Gasteiger partial charge in [-0.05, 0) is 44.5 Å². The fourth-order valence-electron chi connectivity index (χ4n) is 2.98. The van der Waals surface area contributed by atoms with Gasteiger partial charge in [0.1, 0.15) is 0 Å². The lowest BCUT2D eigenvalue weighted by Crippen LogP contribution is -2.43. The first kappa shape index (κ1) is 16.4. The van der Waals surface area contributed by atoms with E-state index in [2.05, 4.69) is 32.5 Å². The number of nitrogens with zero attached hydrogens (tertiary/aromatic N) is 4. The fourth-order valence-corrected chi connectivity index (χ4v) is 2.98. The number of likely N-dealkylation sites (tertiary alicyclic amines) is 1. The third-order valence-electron chi connectivity index (χ3n) is 4.37. The van der Waals surface area contributed by atoms with Gasteiger partial charge in [-0.15, -0.1) is 0 Å². The Morgan fingerprint density at radius 2 is 2.29 bits per heavy atom. The van der Waals surface area contributed by atoms with E-state index < -0.39 is 0 Å². The lowest BCUT2D eigenvalue weighted by atomic mass is 10.0. The molecule has 24 heavy (non-hydrogen) atoms. The Balaban J connectivity index is 1.43. The highest BCUT2D eigenvalue weighted by molar-refractivity contribution is 5.89. The summed E-state index contributed by atoms with van der Waals surface area (Å²) in [6, 6.07) is 5.88. The van der Waals surface area contributed by atoms with Gasteiger partial charge in [-0.1, -0.05) is 6.42 Å². The molecule has 3 heterocycles. The van der Waals surface area contributed by atoms with Crippen molar-refractivity contribution in [2.24, 2.45) is 0 Å². The van der Waals surface area contributed by atoms with Gasteiger partial charge < -0.3 is 10.6 Å². The molecule has 2 amide bonds. The van der Waals surface area contributed by atoms with Crippen molar-refractivity contribution in [1.29, 1.82) is 0 Å². The second-order valence-electron chi connectivity index (χ2n) is 6.12. The van der Waals surface area contributed by atoms with Crippen LogP contribution in [-0.4, -0.2) is 51.4 Å². The molecule has 1 aliphatic rings. The molecule has 2 aromatic rings. The van der Waals surface area contributed by atoms with Crippen molar-refractivity contribution in [3.05, 3.63) is 36.8 Å². The number of piperidine rings is 1. The minimum Gasteiger partial charge on any atom is -0.337 e.